The summed E-state index contributed by atoms with van der Waals surface area (Å²) in [5.74, 6) is 0.489. The zero-order valence-corrected chi connectivity index (χ0v) is 23.0. The molecule has 1 amide bonds. The Bertz CT molecular complexity index is 1610. The predicted molar refractivity (Wildman–Crippen MR) is 151 cm³/mol. The van der Waals surface area contributed by atoms with Crippen LogP contribution in [0, 0.1) is 17.2 Å². The highest BCUT2D eigenvalue weighted by molar-refractivity contribution is 7.99. The van der Waals surface area contributed by atoms with Crippen LogP contribution in [0.25, 0.3) is 15.9 Å². The van der Waals surface area contributed by atoms with Crippen LogP contribution < -0.4 is 10.9 Å². The number of fused-ring (bicyclic) bond motifs is 4. The number of aryl methyl sites for hydroxylation is 2. The van der Waals surface area contributed by atoms with E-state index in [-0.39, 0.29) is 17.2 Å². The average Bonchev–Trinajstić information content (AvgIpc) is 3.44. The van der Waals surface area contributed by atoms with Gasteiger partial charge in [-0.15, -0.1) is 22.7 Å². The summed E-state index contributed by atoms with van der Waals surface area (Å²) >= 11 is 4.40. The molecule has 0 saturated heterocycles. The second-order valence-corrected chi connectivity index (χ2v) is 12.9. The molecular formula is C28H26N4O2S3. The van der Waals surface area contributed by atoms with Gasteiger partial charge in [-0.3, -0.25) is 14.2 Å². The number of nitrogens with one attached hydrogen (secondary N) is 1. The SMILES string of the molecule is C[C@H]1CCc2c(sc(NC(=O)CSc3nc4sc5c(c4c(=O)n3-c3ccccc3)CCCC5)c2C#N)C1. The number of thiophene rings is 2. The van der Waals surface area contributed by atoms with Gasteiger partial charge >= 0.3 is 0 Å². The summed E-state index contributed by atoms with van der Waals surface area (Å²) in [7, 11) is 0. The molecule has 37 heavy (non-hydrogen) atoms. The van der Waals surface area contributed by atoms with E-state index in [4.69, 9.17) is 4.98 Å². The fraction of sp³-hybridized carbons (Fsp3) is 0.357. The number of nitriles is 1. The molecule has 0 radical (unpaired) electrons. The minimum atomic E-state index is -0.201. The van der Waals surface area contributed by atoms with Crippen molar-refractivity contribution in [3.8, 4) is 11.8 Å². The van der Waals surface area contributed by atoms with Crippen molar-refractivity contribution in [1.29, 1.82) is 5.26 Å². The molecule has 2 aliphatic rings. The van der Waals surface area contributed by atoms with Crippen molar-refractivity contribution in [2.75, 3.05) is 11.1 Å². The van der Waals surface area contributed by atoms with E-state index in [1.165, 1.54) is 32.9 Å². The molecule has 3 aromatic heterocycles. The fourth-order valence-electron chi connectivity index (χ4n) is 5.34. The molecule has 1 aromatic carbocycles. The van der Waals surface area contributed by atoms with Crippen molar-refractivity contribution in [3.05, 3.63) is 67.1 Å². The first-order valence-corrected chi connectivity index (χ1v) is 15.3. The highest BCUT2D eigenvalue weighted by Crippen LogP contribution is 2.39. The van der Waals surface area contributed by atoms with Crippen LogP contribution in [0.2, 0.25) is 0 Å². The van der Waals surface area contributed by atoms with Gasteiger partial charge in [-0.25, -0.2) is 4.98 Å². The molecule has 4 aromatic rings. The van der Waals surface area contributed by atoms with E-state index in [2.05, 4.69) is 18.3 Å². The summed E-state index contributed by atoms with van der Waals surface area (Å²) in [5.41, 5.74) is 3.54. The third kappa shape index (κ3) is 4.52. The van der Waals surface area contributed by atoms with Gasteiger partial charge < -0.3 is 5.32 Å². The average molecular weight is 547 g/mol. The number of benzene rings is 1. The van der Waals surface area contributed by atoms with E-state index in [9.17, 15) is 14.9 Å². The second kappa shape index (κ2) is 10.1. The maximum atomic E-state index is 13.8. The molecule has 1 N–H and O–H groups in total. The van der Waals surface area contributed by atoms with Crippen molar-refractivity contribution in [3.63, 3.8) is 0 Å². The Balaban J connectivity index is 1.31. The molecule has 9 heteroatoms. The number of aromatic nitrogens is 2. The van der Waals surface area contributed by atoms with Crippen LogP contribution >= 0.6 is 34.4 Å². The van der Waals surface area contributed by atoms with Gasteiger partial charge in [-0.05, 0) is 74.1 Å². The van der Waals surface area contributed by atoms with Crippen molar-refractivity contribution in [1.82, 2.24) is 9.55 Å². The lowest BCUT2D eigenvalue weighted by Gasteiger charge is -2.17. The van der Waals surface area contributed by atoms with E-state index in [1.807, 2.05) is 30.3 Å². The molecule has 0 saturated carbocycles. The number of hydrogen-bond donors (Lipinski definition) is 1. The lowest BCUT2D eigenvalue weighted by atomic mass is 9.89. The molecule has 6 nitrogen and oxygen atoms in total. The first kappa shape index (κ1) is 24.4. The van der Waals surface area contributed by atoms with E-state index in [1.54, 1.807) is 15.9 Å². The Labute approximate surface area is 227 Å². The zero-order chi connectivity index (χ0) is 25.5. The molecule has 0 fully saturated rings. The monoisotopic (exact) mass is 546 g/mol. The largest absolute Gasteiger partial charge is 0.316 e. The van der Waals surface area contributed by atoms with Crippen molar-refractivity contribution < 1.29 is 4.79 Å². The van der Waals surface area contributed by atoms with Gasteiger partial charge in [0.15, 0.2) is 5.16 Å². The summed E-state index contributed by atoms with van der Waals surface area (Å²) in [6.07, 6.45) is 7.06. The Kier molecular flexibility index (Phi) is 6.65. The Morgan fingerprint density at radius 3 is 2.78 bits per heavy atom. The smallest absolute Gasteiger partial charge is 0.267 e. The van der Waals surface area contributed by atoms with Gasteiger partial charge in [0.1, 0.15) is 15.9 Å². The molecule has 0 unspecified atom stereocenters. The zero-order valence-electron chi connectivity index (χ0n) is 20.5. The number of thioether (sulfide) groups is 1. The first-order chi connectivity index (χ1) is 18.0. The maximum Gasteiger partial charge on any atom is 0.267 e. The van der Waals surface area contributed by atoms with Gasteiger partial charge in [0.2, 0.25) is 5.91 Å². The quantitative estimate of drug-likeness (QED) is 0.241. The lowest BCUT2D eigenvalue weighted by molar-refractivity contribution is -0.113. The third-order valence-corrected chi connectivity index (χ3v) is 10.5. The fourth-order valence-corrected chi connectivity index (χ4v) is 8.83. The molecule has 0 aliphatic heterocycles. The molecule has 1 atom stereocenters. The molecule has 0 spiro atoms. The van der Waals surface area contributed by atoms with Crippen LogP contribution in [0.4, 0.5) is 5.00 Å². The normalized spacial score (nSPS) is 16.7. The van der Waals surface area contributed by atoms with Gasteiger partial charge in [-0.2, -0.15) is 5.26 Å². The Morgan fingerprint density at radius 1 is 1.16 bits per heavy atom. The van der Waals surface area contributed by atoms with Gasteiger partial charge in [0.25, 0.3) is 5.56 Å². The number of hydrogen-bond acceptors (Lipinski definition) is 7. The van der Waals surface area contributed by atoms with E-state index in [0.29, 0.717) is 21.6 Å². The highest BCUT2D eigenvalue weighted by atomic mass is 32.2. The standard InChI is InChI=1S/C28H26N4O2S3/c1-16-11-12-18-20(14-29)25(37-22(18)13-16)30-23(33)15-35-28-31-26-24(19-9-5-6-10-21(19)36-26)27(34)32(28)17-7-3-2-4-8-17/h2-4,7-8,16H,5-6,9-13,15H2,1H3,(H,30,33)/t16-/m0/s1. The maximum absolute atomic E-state index is 13.8. The van der Waals surface area contributed by atoms with Gasteiger partial charge in [0.05, 0.1) is 22.4 Å². The Hall–Kier alpha value is -2.93. The van der Waals surface area contributed by atoms with Crippen LogP contribution in [0.3, 0.4) is 0 Å². The lowest BCUT2D eigenvalue weighted by Crippen LogP contribution is -2.23. The number of carbonyl (C=O) groups is 1. The predicted octanol–water partition coefficient (Wildman–Crippen LogP) is 6.11. The van der Waals surface area contributed by atoms with Crippen LogP contribution in [-0.4, -0.2) is 21.2 Å². The van der Waals surface area contributed by atoms with E-state index in [0.717, 1.165) is 72.0 Å². The van der Waals surface area contributed by atoms with Crippen LogP contribution in [0.15, 0.2) is 40.3 Å². The molecule has 2 aliphatic carbocycles. The van der Waals surface area contributed by atoms with Crippen LogP contribution in [0.1, 0.15) is 52.6 Å². The molecule has 0 bridgehead atoms. The first-order valence-electron chi connectivity index (χ1n) is 12.6. The number of anilines is 1. The molecule has 3 heterocycles. The molecular weight excluding hydrogens is 521 g/mol. The van der Waals surface area contributed by atoms with Crippen LogP contribution in [-0.2, 0) is 30.5 Å². The molecule has 188 valence electrons. The summed E-state index contributed by atoms with van der Waals surface area (Å²) < 4.78 is 1.65. The summed E-state index contributed by atoms with van der Waals surface area (Å²) in [6.45, 7) is 2.23. The summed E-state index contributed by atoms with van der Waals surface area (Å²) in [5, 5.41) is 14.6. The van der Waals surface area contributed by atoms with Crippen LogP contribution in [0.5, 0.6) is 0 Å². The minimum Gasteiger partial charge on any atom is -0.316 e. The third-order valence-electron chi connectivity index (χ3n) is 7.18. The number of carbonyl (C=O) groups excluding carboxylic acids is 1. The van der Waals surface area contributed by atoms with E-state index < -0.39 is 0 Å². The summed E-state index contributed by atoms with van der Waals surface area (Å²) in [6, 6.07) is 11.8. The van der Waals surface area contributed by atoms with Gasteiger partial charge in [0, 0.05) is 9.75 Å². The minimum absolute atomic E-state index is 0.0645. The second-order valence-electron chi connectivity index (χ2n) is 9.77. The Morgan fingerprint density at radius 2 is 1.97 bits per heavy atom. The summed E-state index contributed by atoms with van der Waals surface area (Å²) in [4.78, 5) is 35.0. The number of para-hydroxylation sites is 1. The topological polar surface area (TPSA) is 87.8 Å². The number of rotatable bonds is 5. The van der Waals surface area contributed by atoms with Crippen molar-refractivity contribution >= 4 is 55.6 Å². The van der Waals surface area contributed by atoms with Crippen molar-refractivity contribution in [2.24, 2.45) is 5.92 Å². The van der Waals surface area contributed by atoms with Gasteiger partial charge in [-0.1, -0.05) is 36.9 Å². The number of amides is 1. The van der Waals surface area contributed by atoms with Crippen molar-refractivity contribution in [2.45, 2.75) is 57.0 Å². The highest BCUT2D eigenvalue weighted by Gasteiger charge is 2.26. The number of nitrogens with zero attached hydrogens (tertiary/aromatic N) is 3. The van der Waals surface area contributed by atoms with E-state index >= 15 is 0 Å². The molecule has 6 rings (SSSR count).